The summed E-state index contributed by atoms with van der Waals surface area (Å²) in [5.41, 5.74) is 0.736. The normalized spacial score (nSPS) is 13.2. The average Bonchev–Trinajstić information content (AvgIpc) is 2.47. The summed E-state index contributed by atoms with van der Waals surface area (Å²) in [4.78, 5) is 0. The van der Waals surface area contributed by atoms with Gasteiger partial charge in [-0.15, -0.1) is 16.7 Å². The van der Waals surface area contributed by atoms with Crippen molar-refractivity contribution in [2.24, 2.45) is 7.05 Å². The van der Waals surface area contributed by atoms with Crippen molar-refractivity contribution in [2.75, 3.05) is 5.88 Å². The van der Waals surface area contributed by atoms with Gasteiger partial charge in [0.2, 0.25) is 0 Å². The number of aliphatic hydroxyl groups excluding tert-OH is 1. The molecule has 0 aliphatic rings. The number of aromatic nitrogens is 3. The first kappa shape index (κ1) is 9.48. The minimum absolute atomic E-state index is 0.497. The van der Waals surface area contributed by atoms with E-state index in [1.807, 2.05) is 0 Å². The number of alkyl halides is 1. The van der Waals surface area contributed by atoms with E-state index in [2.05, 4.69) is 10.3 Å². The van der Waals surface area contributed by atoms with Crippen LogP contribution in [-0.4, -0.2) is 26.0 Å². The van der Waals surface area contributed by atoms with Gasteiger partial charge in [-0.1, -0.05) is 5.21 Å². The summed E-state index contributed by atoms with van der Waals surface area (Å²) < 4.78 is 1.57. The van der Waals surface area contributed by atoms with E-state index < -0.39 is 6.10 Å². The van der Waals surface area contributed by atoms with E-state index in [0.29, 0.717) is 12.3 Å². The number of hydrogen-bond acceptors (Lipinski definition) is 3. The minimum atomic E-state index is -0.497. The van der Waals surface area contributed by atoms with Crippen LogP contribution in [0.25, 0.3) is 0 Å². The molecule has 0 aliphatic carbocycles. The Kier molecular flexibility index (Phi) is 3.49. The lowest BCUT2D eigenvalue weighted by molar-refractivity contribution is 0.157. The highest BCUT2D eigenvalue weighted by molar-refractivity contribution is 6.17. The highest BCUT2D eigenvalue weighted by atomic mass is 35.5. The van der Waals surface area contributed by atoms with E-state index in [0.717, 1.165) is 12.1 Å². The van der Waals surface area contributed by atoms with Crippen LogP contribution in [0.5, 0.6) is 0 Å². The first-order valence-electron chi connectivity index (χ1n) is 3.84. The molecule has 12 heavy (non-hydrogen) atoms. The third-order valence-corrected chi connectivity index (χ3v) is 1.97. The van der Waals surface area contributed by atoms with E-state index in [1.165, 1.54) is 0 Å². The van der Waals surface area contributed by atoms with Crippen LogP contribution in [0.1, 0.15) is 24.6 Å². The predicted octanol–water partition coefficient (Wildman–Crippen LogP) is 0.867. The van der Waals surface area contributed by atoms with Crippen molar-refractivity contribution in [2.45, 2.75) is 18.9 Å². The van der Waals surface area contributed by atoms with Crippen LogP contribution in [0.4, 0.5) is 0 Å². The number of rotatable bonds is 4. The molecule has 1 heterocycles. The molecule has 1 aromatic heterocycles. The van der Waals surface area contributed by atoms with E-state index in [1.54, 1.807) is 17.9 Å². The second kappa shape index (κ2) is 4.42. The van der Waals surface area contributed by atoms with Crippen molar-refractivity contribution in [1.82, 2.24) is 15.0 Å². The third kappa shape index (κ3) is 2.19. The van der Waals surface area contributed by atoms with E-state index in [4.69, 9.17) is 11.6 Å². The van der Waals surface area contributed by atoms with Crippen LogP contribution in [-0.2, 0) is 7.05 Å². The van der Waals surface area contributed by atoms with E-state index in [-0.39, 0.29) is 0 Å². The molecule has 0 aliphatic heterocycles. The molecule has 68 valence electrons. The molecule has 0 saturated heterocycles. The topological polar surface area (TPSA) is 50.9 Å². The highest BCUT2D eigenvalue weighted by Crippen LogP contribution is 2.15. The molecule has 1 unspecified atom stereocenters. The summed E-state index contributed by atoms with van der Waals surface area (Å²) in [7, 11) is 1.76. The van der Waals surface area contributed by atoms with Crippen LogP contribution in [0.2, 0.25) is 0 Å². The summed E-state index contributed by atoms with van der Waals surface area (Å²) in [5, 5.41) is 17.0. The van der Waals surface area contributed by atoms with Gasteiger partial charge in [-0.25, -0.2) is 4.68 Å². The number of halogens is 1. The Morgan fingerprint density at radius 3 is 3.00 bits per heavy atom. The van der Waals surface area contributed by atoms with Gasteiger partial charge in [-0.2, -0.15) is 0 Å². The molecule has 1 atom stereocenters. The summed E-state index contributed by atoms with van der Waals surface area (Å²) in [6.45, 7) is 0. The molecule has 0 spiro atoms. The van der Waals surface area contributed by atoms with Crippen molar-refractivity contribution in [3.05, 3.63) is 11.9 Å². The van der Waals surface area contributed by atoms with Gasteiger partial charge in [0.15, 0.2) is 0 Å². The Bertz CT molecular complexity index is 238. The Labute approximate surface area is 76.1 Å². The smallest absolute Gasteiger partial charge is 0.0973 e. The van der Waals surface area contributed by atoms with Crippen molar-refractivity contribution in [3.8, 4) is 0 Å². The Morgan fingerprint density at radius 1 is 1.75 bits per heavy atom. The number of aliphatic hydroxyl groups is 1. The summed E-state index contributed by atoms with van der Waals surface area (Å²) in [6, 6.07) is 0. The summed E-state index contributed by atoms with van der Waals surface area (Å²) in [5.74, 6) is 0.572. The molecule has 1 N–H and O–H groups in total. The van der Waals surface area contributed by atoms with Gasteiger partial charge in [-0.05, 0) is 12.8 Å². The standard InChI is InChI=1S/C7H12ClN3O/c1-11-6(5-9-10-11)7(12)3-2-4-8/h5,7,12H,2-4H2,1H3. The third-order valence-electron chi connectivity index (χ3n) is 1.70. The largest absolute Gasteiger partial charge is 0.387 e. The van der Waals surface area contributed by atoms with Crippen LogP contribution >= 0.6 is 11.6 Å². The molecule has 0 radical (unpaired) electrons. The lowest BCUT2D eigenvalue weighted by Gasteiger charge is -2.07. The number of hydrogen-bond donors (Lipinski definition) is 1. The molecule has 0 bridgehead atoms. The highest BCUT2D eigenvalue weighted by Gasteiger charge is 2.10. The fraction of sp³-hybridized carbons (Fsp3) is 0.714. The maximum atomic E-state index is 9.56. The Balaban J connectivity index is 2.52. The van der Waals surface area contributed by atoms with Crippen molar-refractivity contribution in [1.29, 1.82) is 0 Å². The van der Waals surface area contributed by atoms with E-state index in [9.17, 15) is 5.11 Å². The van der Waals surface area contributed by atoms with Crippen molar-refractivity contribution < 1.29 is 5.11 Å². The number of nitrogens with zero attached hydrogens (tertiary/aromatic N) is 3. The van der Waals surface area contributed by atoms with Gasteiger partial charge in [0.1, 0.15) is 0 Å². The maximum absolute atomic E-state index is 9.56. The monoisotopic (exact) mass is 189 g/mol. The second-order valence-corrected chi connectivity index (χ2v) is 3.01. The Morgan fingerprint density at radius 2 is 2.50 bits per heavy atom. The van der Waals surface area contributed by atoms with Crippen LogP contribution in [0.3, 0.4) is 0 Å². The molecular weight excluding hydrogens is 178 g/mol. The van der Waals surface area contributed by atoms with Crippen LogP contribution in [0.15, 0.2) is 6.20 Å². The lowest BCUT2D eigenvalue weighted by atomic mass is 10.1. The van der Waals surface area contributed by atoms with Gasteiger partial charge >= 0.3 is 0 Å². The molecule has 0 fully saturated rings. The van der Waals surface area contributed by atoms with Gasteiger partial charge in [-0.3, -0.25) is 0 Å². The second-order valence-electron chi connectivity index (χ2n) is 2.63. The average molecular weight is 190 g/mol. The molecule has 4 nitrogen and oxygen atoms in total. The molecule has 1 aromatic rings. The predicted molar refractivity (Wildman–Crippen MR) is 45.9 cm³/mol. The minimum Gasteiger partial charge on any atom is -0.387 e. The van der Waals surface area contributed by atoms with Crippen LogP contribution < -0.4 is 0 Å². The zero-order valence-electron chi connectivity index (χ0n) is 6.94. The zero-order chi connectivity index (χ0) is 8.97. The molecular formula is C7H12ClN3O. The van der Waals surface area contributed by atoms with E-state index >= 15 is 0 Å². The van der Waals surface area contributed by atoms with Gasteiger partial charge in [0, 0.05) is 12.9 Å². The fourth-order valence-corrected chi connectivity index (χ4v) is 1.17. The van der Waals surface area contributed by atoms with Crippen molar-refractivity contribution in [3.63, 3.8) is 0 Å². The molecule has 1 rings (SSSR count). The van der Waals surface area contributed by atoms with Crippen molar-refractivity contribution >= 4 is 11.6 Å². The lowest BCUT2D eigenvalue weighted by Crippen LogP contribution is -2.05. The van der Waals surface area contributed by atoms with Crippen LogP contribution in [0, 0.1) is 0 Å². The fourth-order valence-electron chi connectivity index (χ4n) is 1.02. The van der Waals surface area contributed by atoms with Gasteiger partial charge in [0.25, 0.3) is 0 Å². The zero-order valence-corrected chi connectivity index (χ0v) is 7.70. The van der Waals surface area contributed by atoms with Gasteiger partial charge in [0.05, 0.1) is 18.0 Å². The summed E-state index contributed by atoms with van der Waals surface area (Å²) in [6.07, 6.45) is 2.53. The SMILES string of the molecule is Cn1nncc1C(O)CCCCl. The Hall–Kier alpha value is -0.610. The molecule has 0 amide bonds. The number of aryl methyl sites for hydroxylation is 1. The first-order valence-corrected chi connectivity index (χ1v) is 4.37. The quantitative estimate of drug-likeness (QED) is 0.716. The summed E-state index contributed by atoms with van der Waals surface area (Å²) >= 11 is 5.50. The first-order chi connectivity index (χ1) is 5.75. The van der Waals surface area contributed by atoms with Gasteiger partial charge < -0.3 is 5.11 Å². The molecule has 5 heteroatoms. The molecule has 0 saturated carbocycles. The molecule has 0 aromatic carbocycles. The maximum Gasteiger partial charge on any atom is 0.0973 e.